The molecule has 1 unspecified atom stereocenters. The van der Waals surface area contributed by atoms with Crippen LogP contribution in [0.3, 0.4) is 0 Å². The average Bonchev–Trinajstić information content (AvgIpc) is 2.32. The molecule has 2 aromatic carbocycles. The maximum atomic E-state index is 13.3. The van der Waals surface area contributed by atoms with Crippen LogP contribution in [-0.2, 0) is 6.42 Å². The van der Waals surface area contributed by atoms with E-state index in [0.717, 1.165) is 4.47 Å². The maximum Gasteiger partial charge on any atom is 0.142 e. The summed E-state index contributed by atoms with van der Waals surface area (Å²) in [7, 11) is 0. The predicted molar refractivity (Wildman–Crippen MR) is 79.2 cm³/mol. The van der Waals surface area contributed by atoms with Crippen molar-refractivity contribution in [2.75, 3.05) is 0 Å². The molecular formula is C14H10BrCl2FO. The highest BCUT2D eigenvalue weighted by Gasteiger charge is 2.11. The molecule has 0 bridgehead atoms. The van der Waals surface area contributed by atoms with Gasteiger partial charge in [0.2, 0.25) is 0 Å². The summed E-state index contributed by atoms with van der Waals surface area (Å²) in [6, 6.07) is 9.69. The summed E-state index contributed by atoms with van der Waals surface area (Å²) in [5.74, 6) is -0.487. The molecule has 1 N–H and O–H groups in total. The maximum absolute atomic E-state index is 13.3. The third kappa shape index (κ3) is 3.93. The molecule has 0 aliphatic carbocycles. The Morgan fingerprint density at radius 1 is 1.16 bits per heavy atom. The van der Waals surface area contributed by atoms with Crippen LogP contribution in [0, 0.1) is 5.82 Å². The van der Waals surface area contributed by atoms with Gasteiger partial charge in [0, 0.05) is 15.9 Å². The number of halogens is 4. The van der Waals surface area contributed by atoms with E-state index in [4.69, 9.17) is 23.2 Å². The highest BCUT2D eigenvalue weighted by atomic mass is 79.9. The lowest BCUT2D eigenvalue weighted by Crippen LogP contribution is -2.02. The van der Waals surface area contributed by atoms with Crippen molar-refractivity contribution in [2.45, 2.75) is 12.5 Å². The van der Waals surface area contributed by atoms with Crippen molar-refractivity contribution in [3.05, 3.63) is 67.9 Å². The first kappa shape index (κ1) is 14.8. The van der Waals surface area contributed by atoms with Crippen molar-refractivity contribution in [2.24, 2.45) is 0 Å². The summed E-state index contributed by atoms with van der Waals surface area (Å²) in [6.45, 7) is 0. The summed E-state index contributed by atoms with van der Waals surface area (Å²) in [4.78, 5) is 0. The number of hydrogen-bond donors (Lipinski definition) is 1. The molecule has 0 aliphatic heterocycles. The summed E-state index contributed by atoms with van der Waals surface area (Å²) in [6.07, 6.45) is -0.462. The zero-order valence-corrected chi connectivity index (χ0v) is 12.8. The summed E-state index contributed by atoms with van der Waals surface area (Å²) < 4.78 is 14.1. The lowest BCUT2D eigenvalue weighted by Gasteiger charge is -2.12. The van der Waals surface area contributed by atoms with E-state index in [1.54, 1.807) is 24.3 Å². The van der Waals surface area contributed by atoms with E-state index in [2.05, 4.69) is 15.9 Å². The number of benzene rings is 2. The molecule has 19 heavy (non-hydrogen) atoms. The topological polar surface area (TPSA) is 20.2 Å². The van der Waals surface area contributed by atoms with Crippen LogP contribution in [0.25, 0.3) is 0 Å². The molecule has 0 saturated carbocycles. The summed E-state index contributed by atoms with van der Waals surface area (Å²) in [5.41, 5.74) is 1.35. The lowest BCUT2D eigenvalue weighted by atomic mass is 10.0. The molecule has 0 fully saturated rings. The van der Waals surface area contributed by atoms with Gasteiger partial charge in [0.15, 0.2) is 0 Å². The predicted octanol–water partition coefficient (Wildman–Crippen LogP) is 5.17. The quantitative estimate of drug-likeness (QED) is 0.797. The zero-order valence-electron chi connectivity index (χ0n) is 9.71. The normalized spacial score (nSPS) is 12.5. The molecule has 0 saturated heterocycles. The molecular weight excluding hydrogens is 354 g/mol. The summed E-state index contributed by atoms with van der Waals surface area (Å²) >= 11 is 14.9. The third-order valence-electron chi connectivity index (χ3n) is 2.68. The van der Waals surface area contributed by atoms with Gasteiger partial charge < -0.3 is 5.11 Å². The van der Waals surface area contributed by atoms with Crippen LogP contribution in [0.1, 0.15) is 17.2 Å². The van der Waals surface area contributed by atoms with E-state index in [1.165, 1.54) is 12.1 Å². The molecule has 1 atom stereocenters. The molecule has 0 radical (unpaired) electrons. The molecule has 0 aliphatic rings. The van der Waals surface area contributed by atoms with E-state index in [9.17, 15) is 9.50 Å². The second-order valence-electron chi connectivity index (χ2n) is 4.17. The fraction of sp³-hybridized carbons (Fsp3) is 0.143. The van der Waals surface area contributed by atoms with Crippen LogP contribution < -0.4 is 0 Å². The first-order valence-corrected chi connectivity index (χ1v) is 7.08. The van der Waals surface area contributed by atoms with Crippen molar-refractivity contribution in [1.82, 2.24) is 0 Å². The Morgan fingerprint density at radius 3 is 2.53 bits per heavy atom. The van der Waals surface area contributed by atoms with E-state index < -0.39 is 11.9 Å². The van der Waals surface area contributed by atoms with E-state index in [-0.39, 0.29) is 5.02 Å². The number of aliphatic hydroxyl groups excluding tert-OH is 1. The van der Waals surface area contributed by atoms with Gasteiger partial charge in [-0.05, 0) is 41.5 Å². The fourth-order valence-corrected chi connectivity index (χ4v) is 2.78. The molecule has 1 nitrogen and oxygen atoms in total. The second kappa shape index (κ2) is 6.23. The fourth-order valence-electron chi connectivity index (χ4n) is 1.78. The minimum atomic E-state index is -0.754. The van der Waals surface area contributed by atoms with Crippen molar-refractivity contribution in [3.8, 4) is 0 Å². The largest absolute Gasteiger partial charge is 0.388 e. The Morgan fingerprint density at radius 2 is 1.89 bits per heavy atom. The van der Waals surface area contributed by atoms with Crippen molar-refractivity contribution in [3.63, 3.8) is 0 Å². The zero-order chi connectivity index (χ0) is 14.0. The van der Waals surface area contributed by atoms with Gasteiger partial charge in [-0.2, -0.15) is 0 Å². The van der Waals surface area contributed by atoms with Crippen molar-refractivity contribution < 1.29 is 9.50 Å². The van der Waals surface area contributed by atoms with Crippen LogP contribution in [0.5, 0.6) is 0 Å². The van der Waals surface area contributed by atoms with E-state index in [1.807, 2.05) is 0 Å². The number of hydrogen-bond acceptors (Lipinski definition) is 1. The third-order valence-corrected chi connectivity index (χ3v) is 3.67. The minimum Gasteiger partial charge on any atom is -0.388 e. The lowest BCUT2D eigenvalue weighted by molar-refractivity contribution is 0.178. The van der Waals surface area contributed by atoms with Gasteiger partial charge in [0.1, 0.15) is 5.82 Å². The van der Waals surface area contributed by atoms with Gasteiger partial charge in [-0.25, -0.2) is 4.39 Å². The smallest absolute Gasteiger partial charge is 0.142 e. The van der Waals surface area contributed by atoms with Crippen LogP contribution in [0.15, 0.2) is 40.9 Å². The molecule has 100 valence electrons. The molecule has 2 rings (SSSR count). The Kier molecular flexibility index (Phi) is 4.85. The first-order valence-electron chi connectivity index (χ1n) is 5.53. The average molecular weight is 364 g/mol. The van der Waals surface area contributed by atoms with Gasteiger partial charge in [0.05, 0.1) is 11.1 Å². The monoisotopic (exact) mass is 362 g/mol. The molecule has 2 aromatic rings. The first-order chi connectivity index (χ1) is 8.95. The van der Waals surface area contributed by atoms with Crippen LogP contribution in [0.2, 0.25) is 10.0 Å². The van der Waals surface area contributed by atoms with Gasteiger partial charge in [0.25, 0.3) is 0 Å². The standard InChI is InChI=1S/C14H10BrCl2FO/c15-10-5-9(6-11(16)7-10)14(19)4-8-1-2-12(17)13(18)3-8/h1-3,5-7,14,19H,4H2. The molecule has 0 aromatic heterocycles. The van der Waals surface area contributed by atoms with E-state index in [0.29, 0.717) is 22.6 Å². The highest BCUT2D eigenvalue weighted by Crippen LogP contribution is 2.26. The Bertz CT molecular complexity index is 584. The van der Waals surface area contributed by atoms with Gasteiger partial charge in [-0.3, -0.25) is 0 Å². The van der Waals surface area contributed by atoms with Gasteiger partial charge >= 0.3 is 0 Å². The van der Waals surface area contributed by atoms with Crippen molar-refractivity contribution >= 4 is 39.1 Å². The Labute approximate surface area is 129 Å². The van der Waals surface area contributed by atoms with Gasteiger partial charge in [-0.1, -0.05) is 45.2 Å². The SMILES string of the molecule is OC(Cc1ccc(Cl)c(F)c1)c1cc(Cl)cc(Br)c1. The van der Waals surface area contributed by atoms with Crippen LogP contribution in [-0.4, -0.2) is 5.11 Å². The highest BCUT2D eigenvalue weighted by molar-refractivity contribution is 9.10. The Hall–Kier alpha value is -0.610. The van der Waals surface area contributed by atoms with Gasteiger partial charge in [-0.15, -0.1) is 0 Å². The molecule has 0 heterocycles. The second-order valence-corrected chi connectivity index (χ2v) is 5.93. The van der Waals surface area contributed by atoms with Crippen LogP contribution >= 0.6 is 39.1 Å². The Balaban J connectivity index is 2.20. The minimum absolute atomic E-state index is 0.0729. The summed E-state index contributed by atoms with van der Waals surface area (Å²) in [5, 5.41) is 10.8. The van der Waals surface area contributed by atoms with Crippen molar-refractivity contribution in [1.29, 1.82) is 0 Å². The number of aliphatic hydroxyl groups is 1. The van der Waals surface area contributed by atoms with Crippen LogP contribution in [0.4, 0.5) is 4.39 Å². The molecule has 0 amide bonds. The molecule has 5 heteroatoms. The number of rotatable bonds is 3. The van der Waals surface area contributed by atoms with E-state index >= 15 is 0 Å². The molecule has 0 spiro atoms.